The number of ether oxygens (including phenoxy) is 1. The lowest BCUT2D eigenvalue weighted by atomic mass is 10.1. The molecule has 1 aliphatic rings. The summed E-state index contributed by atoms with van der Waals surface area (Å²) < 4.78 is 7.71. The highest BCUT2D eigenvalue weighted by Crippen LogP contribution is 2.36. The summed E-state index contributed by atoms with van der Waals surface area (Å²) in [5.41, 5.74) is 2.17. The molecule has 1 saturated heterocycles. The van der Waals surface area contributed by atoms with E-state index in [0.29, 0.717) is 44.9 Å². The van der Waals surface area contributed by atoms with Crippen molar-refractivity contribution in [2.75, 3.05) is 37.0 Å². The minimum atomic E-state index is -1.32. The van der Waals surface area contributed by atoms with Gasteiger partial charge in [0.25, 0.3) is 0 Å². The second-order valence-electron chi connectivity index (χ2n) is 9.98. The van der Waals surface area contributed by atoms with E-state index in [4.69, 9.17) is 27.9 Å². The van der Waals surface area contributed by atoms with E-state index >= 15 is 0 Å². The maximum atomic E-state index is 13.2. The fourth-order valence-electron chi connectivity index (χ4n) is 5.17. The fourth-order valence-corrected chi connectivity index (χ4v) is 5.69. The number of nitrogens with one attached hydrogen (secondary N) is 1. The van der Waals surface area contributed by atoms with Crippen molar-refractivity contribution in [1.82, 2.24) is 24.5 Å². The molecule has 41 heavy (non-hydrogen) atoms. The summed E-state index contributed by atoms with van der Waals surface area (Å²) in [7, 11) is 3.76. The molecule has 1 atom stereocenters. The van der Waals surface area contributed by atoms with Crippen molar-refractivity contribution in [2.45, 2.75) is 18.9 Å². The summed E-state index contributed by atoms with van der Waals surface area (Å²) in [5, 5.41) is 10.6. The number of carboxylic acids is 1. The summed E-state index contributed by atoms with van der Waals surface area (Å²) in [5.74, 6) is -0.283. The van der Waals surface area contributed by atoms with Crippen molar-refractivity contribution in [3.63, 3.8) is 0 Å². The van der Waals surface area contributed by atoms with Crippen molar-refractivity contribution in [1.29, 1.82) is 0 Å². The first-order valence-electron chi connectivity index (χ1n) is 12.9. The maximum Gasteiger partial charge on any atom is 0.341 e. The molecule has 1 fully saturated rings. The average molecular weight is 594 g/mol. The molecule has 5 heterocycles. The second kappa shape index (κ2) is 10.6. The number of aromatic amines is 1. The zero-order valence-corrected chi connectivity index (χ0v) is 23.6. The van der Waals surface area contributed by atoms with Crippen LogP contribution in [0.1, 0.15) is 23.2 Å². The number of rotatable bonds is 7. The van der Waals surface area contributed by atoms with Crippen LogP contribution in [-0.4, -0.2) is 68.9 Å². The number of nitrogens with zero attached hydrogens (tertiary/aromatic N) is 6. The third kappa shape index (κ3) is 4.81. The third-order valence-corrected chi connectivity index (χ3v) is 7.89. The van der Waals surface area contributed by atoms with Gasteiger partial charge in [0, 0.05) is 32.2 Å². The maximum absolute atomic E-state index is 13.2. The van der Waals surface area contributed by atoms with Crippen molar-refractivity contribution in [2.24, 2.45) is 0 Å². The van der Waals surface area contributed by atoms with Gasteiger partial charge in [-0.1, -0.05) is 23.2 Å². The highest BCUT2D eigenvalue weighted by atomic mass is 35.5. The number of hydrogen-bond acceptors (Lipinski definition) is 8. The molecule has 210 valence electrons. The number of halogens is 2. The Morgan fingerprint density at radius 1 is 1.20 bits per heavy atom. The molecule has 5 aromatic rings. The first kappa shape index (κ1) is 26.9. The van der Waals surface area contributed by atoms with E-state index in [9.17, 15) is 14.7 Å². The number of H-pyrrole nitrogens is 1. The largest absolute Gasteiger partial charge is 0.477 e. The lowest BCUT2D eigenvalue weighted by Crippen LogP contribution is -2.34. The number of aromatic nitrogens is 5. The van der Waals surface area contributed by atoms with Crippen LogP contribution in [0.4, 0.5) is 11.5 Å². The fraction of sp³-hybridized carbons (Fsp3) is 0.250. The molecule has 1 aliphatic heterocycles. The van der Waals surface area contributed by atoms with Gasteiger partial charge in [-0.2, -0.15) is 0 Å². The number of fused-ring (bicyclic) bond motifs is 2. The molecule has 0 radical (unpaired) electrons. The van der Waals surface area contributed by atoms with Gasteiger partial charge in [-0.05, 0) is 37.1 Å². The molecule has 6 rings (SSSR count). The highest BCUT2D eigenvalue weighted by molar-refractivity contribution is 6.36. The average Bonchev–Trinajstić information content (AvgIpc) is 3.63. The summed E-state index contributed by atoms with van der Waals surface area (Å²) in [6.07, 6.45) is 7.90. The Hall–Kier alpha value is -4.35. The highest BCUT2D eigenvalue weighted by Gasteiger charge is 2.29. The Bertz CT molecular complexity index is 1850. The van der Waals surface area contributed by atoms with Crippen LogP contribution >= 0.6 is 23.2 Å². The van der Waals surface area contributed by atoms with Crippen LogP contribution < -0.4 is 20.0 Å². The van der Waals surface area contributed by atoms with Gasteiger partial charge in [-0.15, -0.1) is 0 Å². The van der Waals surface area contributed by atoms with E-state index in [1.165, 1.54) is 6.20 Å². The molecule has 13 heteroatoms. The minimum Gasteiger partial charge on any atom is -0.477 e. The Labute approximate surface area is 243 Å². The van der Waals surface area contributed by atoms with E-state index in [1.807, 2.05) is 37.2 Å². The van der Waals surface area contributed by atoms with Gasteiger partial charge < -0.3 is 29.2 Å². The predicted octanol–water partition coefficient (Wildman–Crippen LogP) is 4.78. The smallest absolute Gasteiger partial charge is 0.341 e. The zero-order chi connectivity index (χ0) is 28.8. The first-order chi connectivity index (χ1) is 19.7. The summed E-state index contributed by atoms with van der Waals surface area (Å²) in [6.45, 7) is 1.02. The summed E-state index contributed by atoms with van der Waals surface area (Å²) >= 11 is 13.2. The number of carbonyl (C=O) groups is 1. The number of carboxylic acid groups (broad SMARTS) is 1. The predicted molar refractivity (Wildman–Crippen MR) is 158 cm³/mol. The van der Waals surface area contributed by atoms with Crippen LogP contribution in [0.5, 0.6) is 5.88 Å². The Morgan fingerprint density at radius 2 is 2.02 bits per heavy atom. The van der Waals surface area contributed by atoms with Gasteiger partial charge in [-0.25, -0.2) is 19.7 Å². The molecule has 0 unspecified atom stereocenters. The van der Waals surface area contributed by atoms with E-state index in [0.717, 1.165) is 30.7 Å². The Kier molecular flexibility index (Phi) is 6.92. The molecular formula is C28H25Cl2N7O4. The number of aromatic carboxylic acids is 1. The molecule has 0 bridgehead atoms. The first-order valence-corrected chi connectivity index (χ1v) is 13.6. The number of benzene rings is 1. The Balaban J connectivity index is 1.39. The van der Waals surface area contributed by atoms with Crippen LogP contribution in [-0.2, 0) is 0 Å². The van der Waals surface area contributed by atoms with Gasteiger partial charge >= 0.3 is 5.97 Å². The SMILES string of the molecule is CN(C)c1ccc(-n2cc(C(=O)O)c(=O)c3cc(Cl)c(N4CCC[C@@H]4COc4ncc5[nH]cnc5c4Cl)cc32)cn1. The lowest BCUT2D eigenvalue weighted by molar-refractivity contribution is 0.0695. The van der Waals surface area contributed by atoms with Gasteiger partial charge in [-0.3, -0.25) is 4.79 Å². The van der Waals surface area contributed by atoms with Crippen molar-refractivity contribution in [3.8, 4) is 11.6 Å². The number of imidazole rings is 1. The number of anilines is 2. The van der Waals surface area contributed by atoms with Crippen LogP contribution in [0.2, 0.25) is 10.0 Å². The van der Waals surface area contributed by atoms with Crippen LogP contribution in [0.25, 0.3) is 27.6 Å². The quantitative estimate of drug-likeness (QED) is 0.274. The standard InChI is InChI=1S/C28H25Cl2N7O4/c1-35(2)23-6-5-15(10-31-23)37-12-18(28(39)40)26(38)17-8-19(29)22(9-21(17)37)36-7-3-4-16(36)13-41-27-24(30)25-20(11-32-27)33-14-34-25/h5-6,8-12,14,16H,3-4,7,13H2,1-2H3,(H,33,34)(H,39,40)/t16-/m1/s1. The number of hydrogen-bond donors (Lipinski definition) is 2. The monoisotopic (exact) mass is 593 g/mol. The van der Waals surface area contributed by atoms with E-state index in [2.05, 4.69) is 24.8 Å². The molecule has 0 spiro atoms. The number of pyridine rings is 3. The molecule has 0 aliphatic carbocycles. The molecule has 0 amide bonds. The molecule has 1 aromatic carbocycles. The minimum absolute atomic E-state index is 0.0443. The molecule has 11 nitrogen and oxygen atoms in total. The third-order valence-electron chi connectivity index (χ3n) is 7.25. The van der Waals surface area contributed by atoms with Crippen LogP contribution in [0, 0.1) is 0 Å². The molecular weight excluding hydrogens is 569 g/mol. The topological polar surface area (TPSA) is 129 Å². The van der Waals surface area contributed by atoms with Crippen LogP contribution in [0.15, 0.2) is 54.0 Å². The summed E-state index contributed by atoms with van der Waals surface area (Å²) in [6, 6.07) is 6.97. The van der Waals surface area contributed by atoms with Gasteiger partial charge in [0.05, 0.1) is 52.2 Å². The van der Waals surface area contributed by atoms with E-state index in [-0.39, 0.29) is 17.0 Å². The van der Waals surface area contributed by atoms with Crippen molar-refractivity contribution < 1.29 is 14.6 Å². The zero-order valence-electron chi connectivity index (χ0n) is 22.1. The van der Waals surface area contributed by atoms with E-state index < -0.39 is 11.4 Å². The van der Waals surface area contributed by atoms with Gasteiger partial charge in [0.2, 0.25) is 11.3 Å². The Morgan fingerprint density at radius 3 is 2.76 bits per heavy atom. The van der Waals surface area contributed by atoms with E-state index in [1.54, 1.807) is 29.4 Å². The summed E-state index contributed by atoms with van der Waals surface area (Å²) in [4.78, 5) is 45.1. The van der Waals surface area contributed by atoms with Crippen molar-refractivity contribution >= 4 is 62.6 Å². The molecule has 0 saturated carbocycles. The van der Waals surface area contributed by atoms with Gasteiger partial charge in [0.15, 0.2) is 0 Å². The molecule has 4 aromatic heterocycles. The molecule has 2 N–H and O–H groups in total. The second-order valence-corrected chi connectivity index (χ2v) is 10.8. The van der Waals surface area contributed by atoms with Gasteiger partial charge in [0.1, 0.15) is 28.5 Å². The van der Waals surface area contributed by atoms with Crippen LogP contribution in [0.3, 0.4) is 0 Å². The normalized spacial score (nSPS) is 15.1. The lowest BCUT2D eigenvalue weighted by Gasteiger charge is -2.28. The van der Waals surface area contributed by atoms with Crippen molar-refractivity contribution in [3.05, 3.63) is 75.0 Å².